The zero-order chi connectivity index (χ0) is 19.2. The average Bonchev–Trinajstić information content (AvgIpc) is 3.10. The molecule has 0 aliphatic heterocycles. The van der Waals surface area contributed by atoms with E-state index in [4.69, 9.17) is 0 Å². The maximum Gasteiger partial charge on any atom is 0.206 e. The van der Waals surface area contributed by atoms with E-state index in [0.29, 0.717) is 17.4 Å². The Balaban J connectivity index is 2.04. The summed E-state index contributed by atoms with van der Waals surface area (Å²) in [5, 5.41) is 18.5. The number of benzene rings is 2. The number of phenols is 2. The molecule has 1 heterocycles. The van der Waals surface area contributed by atoms with Crippen molar-refractivity contribution in [2.24, 2.45) is 0 Å². The van der Waals surface area contributed by atoms with Gasteiger partial charge in [-0.1, -0.05) is 0 Å². The first-order valence-corrected chi connectivity index (χ1v) is 7.72. The topological polar surface area (TPSA) is 57.5 Å². The summed E-state index contributed by atoms with van der Waals surface area (Å²) in [6.45, 7) is 0. The molecule has 0 radical (unpaired) electrons. The zero-order valence-corrected chi connectivity index (χ0v) is 13.3. The zero-order valence-electron chi connectivity index (χ0n) is 12.5. The fraction of sp³-hybridized carbons (Fsp3) is 0. The first kappa shape index (κ1) is 17.9. The van der Waals surface area contributed by atoms with Gasteiger partial charge in [0.25, 0.3) is 0 Å². The van der Waals surface area contributed by atoms with Gasteiger partial charge in [0.2, 0.25) is 11.6 Å². The summed E-state index contributed by atoms with van der Waals surface area (Å²) in [4.78, 5) is 12.2. The molecule has 0 aliphatic rings. The Kier molecular flexibility index (Phi) is 4.41. The molecular formula is C17H7F5O3S. The number of ketones is 1. The van der Waals surface area contributed by atoms with Crippen molar-refractivity contribution in [3.63, 3.8) is 0 Å². The summed E-state index contributed by atoms with van der Waals surface area (Å²) >= 11 is 0.655. The number of phenolic OH excluding ortho intramolecular Hbond substituents is 2. The highest BCUT2D eigenvalue weighted by molar-refractivity contribution is 7.17. The normalized spacial score (nSPS) is 11.0. The number of aromatic hydroxyl groups is 2. The molecular weight excluding hydrogens is 379 g/mol. The molecule has 0 aliphatic carbocycles. The molecule has 1 aromatic heterocycles. The molecule has 0 amide bonds. The molecule has 134 valence electrons. The molecule has 0 fully saturated rings. The molecule has 3 aromatic rings. The predicted octanol–water partition coefficient (Wildman–Crippen LogP) is 4.75. The summed E-state index contributed by atoms with van der Waals surface area (Å²) in [5.74, 6) is -11.4. The number of thiophene rings is 1. The van der Waals surface area contributed by atoms with Crippen LogP contribution in [0.4, 0.5) is 22.0 Å². The maximum absolute atomic E-state index is 13.9. The highest BCUT2D eigenvalue weighted by atomic mass is 32.1. The Morgan fingerprint density at radius 1 is 0.808 bits per heavy atom. The second-order valence-electron chi connectivity index (χ2n) is 5.13. The van der Waals surface area contributed by atoms with Crippen molar-refractivity contribution < 1.29 is 37.0 Å². The number of halogens is 5. The summed E-state index contributed by atoms with van der Waals surface area (Å²) in [5.41, 5.74) is -1.11. The lowest BCUT2D eigenvalue weighted by Gasteiger charge is -2.05. The molecule has 2 N–H and O–H groups in total. The first-order chi connectivity index (χ1) is 12.2. The van der Waals surface area contributed by atoms with E-state index in [1.165, 1.54) is 12.1 Å². The van der Waals surface area contributed by atoms with Crippen LogP contribution < -0.4 is 0 Å². The molecule has 0 saturated heterocycles. The fourth-order valence-electron chi connectivity index (χ4n) is 2.22. The Bertz CT molecular complexity index is 1050. The smallest absolute Gasteiger partial charge is 0.206 e. The molecule has 0 atom stereocenters. The van der Waals surface area contributed by atoms with Crippen molar-refractivity contribution in [1.82, 2.24) is 0 Å². The minimum Gasteiger partial charge on any atom is -0.503 e. The third kappa shape index (κ3) is 2.80. The van der Waals surface area contributed by atoms with E-state index in [-0.39, 0.29) is 15.3 Å². The van der Waals surface area contributed by atoms with E-state index >= 15 is 0 Å². The first-order valence-electron chi connectivity index (χ1n) is 6.90. The van der Waals surface area contributed by atoms with E-state index in [1.807, 2.05) is 0 Å². The summed E-state index contributed by atoms with van der Waals surface area (Å²) in [6.07, 6.45) is 0. The number of rotatable bonds is 3. The third-order valence-corrected chi connectivity index (χ3v) is 4.66. The standard InChI is InChI=1S/C17H7F5O3S/c18-8-2-1-6(12(20)16(8)24)10-3-4-11(26-10)15(23)7-5-9(19)14(22)17(25)13(7)21/h1-5,24-25H. The van der Waals surface area contributed by atoms with Gasteiger partial charge in [0.15, 0.2) is 34.8 Å². The summed E-state index contributed by atoms with van der Waals surface area (Å²) in [7, 11) is 0. The van der Waals surface area contributed by atoms with Crippen LogP contribution in [-0.4, -0.2) is 16.0 Å². The van der Waals surface area contributed by atoms with Crippen LogP contribution in [0.5, 0.6) is 11.5 Å². The van der Waals surface area contributed by atoms with Crippen LogP contribution in [0.3, 0.4) is 0 Å². The van der Waals surface area contributed by atoms with Gasteiger partial charge in [-0.05, 0) is 30.3 Å². The Hall–Kier alpha value is -2.94. The minimum atomic E-state index is -1.82. The van der Waals surface area contributed by atoms with Crippen LogP contribution in [0.2, 0.25) is 0 Å². The highest BCUT2D eigenvalue weighted by Gasteiger charge is 2.25. The Labute approximate surface area is 146 Å². The van der Waals surface area contributed by atoms with Crippen LogP contribution in [0, 0.1) is 29.1 Å². The lowest BCUT2D eigenvalue weighted by molar-refractivity contribution is 0.103. The van der Waals surface area contributed by atoms with E-state index in [0.717, 1.165) is 12.1 Å². The highest BCUT2D eigenvalue weighted by Crippen LogP contribution is 2.36. The molecule has 3 rings (SSSR count). The van der Waals surface area contributed by atoms with Crippen molar-refractivity contribution in [1.29, 1.82) is 0 Å². The van der Waals surface area contributed by atoms with Gasteiger partial charge in [0, 0.05) is 10.4 Å². The van der Waals surface area contributed by atoms with Gasteiger partial charge in [0.1, 0.15) is 0 Å². The predicted molar refractivity (Wildman–Crippen MR) is 82.7 cm³/mol. The second kappa shape index (κ2) is 6.41. The third-order valence-electron chi connectivity index (χ3n) is 3.54. The monoisotopic (exact) mass is 386 g/mol. The van der Waals surface area contributed by atoms with Gasteiger partial charge in [-0.3, -0.25) is 4.79 Å². The Morgan fingerprint density at radius 3 is 2.19 bits per heavy atom. The van der Waals surface area contributed by atoms with Gasteiger partial charge in [-0.2, -0.15) is 4.39 Å². The number of carbonyl (C=O) groups excluding carboxylic acids is 1. The van der Waals surface area contributed by atoms with Crippen LogP contribution in [0.25, 0.3) is 10.4 Å². The summed E-state index contributed by atoms with van der Waals surface area (Å²) in [6, 6.07) is 4.58. The van der Waals surface area contributed by atoms with Gasteiger partial charge in [-0.25, -0.2) is 17.6 Å². The van der Waals surface area contributed by atoms with E-state index in [9.17, 15) is 37.0 Å². The molecule has 26 heavy (non-hydrogen) atoms. The molecule has 3 nitrogen and oxygen atoms in total. The lowest BCUT2D eigenvalue weighted by Crippen LogP contribution is -2.05. The maximum atomic E-state index is 13.9. The minimum absolute atomic E-state index is 0.105. The van der Waals surface area contributed by atoms with E-state index < -0.39 is 51.9 Å². The van der Waals surface area contributed by atoms with Gasteiger partial charge < -0.3 is 10.2 Å². The van der Waals surface area contributed by atoms with Crippen molar-refractivity contribution in [2.45, 2.75) is 0 Å². The van der Waals surface area contributed by atoms with Gasteiger partial charge in [-0.15, -0.1) is 11.3 Å². The van der Waals surface area contributed by atoms with Crippen molar-refractivity contribution in [3.05, 3.63) is 69.9 Å². The van der Waals surface area contributed by atoms with Crippen LogP contribution in [0.15, 0.2) is 30.3 Å². The molecule has 2 aromatic carbocycles. The Morgan fingerprint density at radius 2 is 1.50 bits per heavy atom. The van der Waals surface area contributed by atoms with Crippen molar-refractivity contribution in [3.8, 4) is 21.9 Å². The van der Waals surface area contributed by atoms with Gasteiger partial charge >= 0.3 is 0 Å². The quantitative estimate of drug-likeness (QED) is 0.388. The molecule has 0 saturated carbocycles. The van der Waals surface area contributed by atoms with Crippen molar-refractivity contribution in [2.75, 3.05) is 0 Å². The number of hydrogen-bond donors (Lipinski definition) is 2. The van der Waals surface area contributed by atoms with Crippen molar-refractivity contribution >= 4 is 17.1 Å². The van der Waals surface area contributed by atoms with Crippen LogP contribution in [0.1, 0.15) is 15.2 Å². The molecule has 0 bridgehead atoms. The fourth-order valence-corrected chi connectivity index (χ4v) is 3.20. The largest absolute Gasteiger partial charge is 0.503 e. The number of hydrogen-bond acceptors (Lipinski definition) is 4. The SMILES string of the molecule is O=C(c1ccc(-c2ccc(F)c(O)c2F)s1)c1cc(F)c(F)c(O)c1F. The molecule has 9 heteroatoms. The van der Waals surface area contributed by atoms with E-state index in [2.05, 4.69) is 0 Å². The van der Waals surface area contributed by atoms with Gasteiger partial charge in [0.05, 0.1) is 10.4 Å². The average molecular weight is 386 g/mol. The number of carbonyl (C=O) groups is 1. The van der Waals surface area contributed by atoms with Crippen LogP contribution in [-0.2, 0) is 0 Å². The molecule has 0 unspecified atom stereocenters. The molecule has 0 spiro atoms. The van der Waals surface area contributed by atoms with Crippen LogP contribution >= 0.6 is 11.3 Å². The van der Waals surface area contributed by atoms with E-state index in [1.54, 1.807) is 0 Å². The summed E-state index contributed by atoms with van der Waals surface area (Å²) < 4.78 is 67.4. The lowest BCUT2D eigenvalue weighted by atomic mass is 10.1. The second-order valence-corrected chi connectivity index (χ2v) is 6.22.